The maximum atomic E-state index is 11.9. The molecule has 0 heterocycles. The lowest BCUT2D eigenvalue weighted by molar-refractivity contribution is 0.0513. The van der Waals surface area contributed by atoms with Crippen LogP contribution in [0, 0.1) is 0 Å². The van der Waals surface area contributed by atoms with Gasteiger partial charge in [-0.15, -0.1) is 0 Å². The number of benzene rings is 2. The van der Waals surface area contributed by atoms with Gasteiger partial charge in [0, 0.05) is 0 Å². The number of ether oxygens (including phenoxy) is 3. The van der Waals surface area contributed by atoms with E-state index in [1.807, 2.05) is 0 Å². The van der Waals surface area contributed by atoms with Gasteiger partial charge < -0.3 is 19.3 Å². The zero-order chi connectivity index (χ0) is 16.8. The number of hydrogen-bond acceptors (Lipinski definition) is 5. The standard InChI is InChI=1S/C17H16O6/c1-3-22-17(20)11-7-6-10-14(15(11)16(18)19)23-13-9-5-4-8-12(13)21-2/h4-10H,3H2,1-2H3,(H,18,19). The van der Waals surface area contributed by atoms with Crippen molar-refractivity contribution in [3.05, 3.63) is 53.6 Å². The van der Waals surface area contributed by atoms with Crippen molar-refractivity contribution in [3.8, 4) is 17.2 Å². The fourth-order valence-corrected chi connectivity index (χ4v) is 2.04. The second-order valence-electron chi connectivity index (χ2n) is 4.46. The highest BCUT2D eigenvalue weighted by Gasteiger charge is 2.23. The third kappa shape index (κ3) is 3.60. The monoisotopic (exact) mass is 316 g/mol. The van der Waals surface area contributed by atoms with E-state index in [1.165, 1.54) is 25.3 Å². The van der Waals surface area contributed by atoms with E-state index in [-0.39, 0.29) is 23.5 Å². The molecule has 23 heavy (non-hydrogen) atoms. The Morgan fingerprint density at radius 1 is 1.00 bits per heavy atom. The summed E-state index contributed by atoms with van der Waals surface area (Å²) in [7, 11) is 1.48. The normalized spacial score (nSPS) is 10.0. The van der Waals surface area contributed by atoms with Crippen LogP contribution >= 0.6 is 0 Å². The van der Waals surface area contributed by atoms with Crippen LogP contribution in [0.1, 0.15) is 27.6 Å². The van der Waals surface area contributed by atoms with Crippen molar-refractivity contribution in [2.24, 2.45) is 0 Å². The lowest BCUT2D eigenvalue weighted by Crippen LogP contribution is -2.12. The molecule has 6 heteroatoms. The summed E-state index contributed by atoms with van der Waals surface area (Å²) in [6.45, 7) is 1.79. The first-order valence-corrected chi connectivity index (χ1v) is 6.92. The molecule has 2 rings (SSSR count). The van der Waals surface area contributed by atoms with E-state index in [0.717, 1.165) is 0 Å². The van der Waals surface area contributed by atoms with Crippen molar-refractivity contribution in [2.45, 2.75) is 6.92 Å². The van der Waals surface area contributed by atoms with E-state index in [9.17, 15) is 14.7 Å². The van der Waals surface area contributed by atoms with Gasteiger partial charge in [0.15, 0.2) is 11.5 Å². The molecular weight excluding hydrogens is 300 g/mol. The number of carboxylic acid groups (broad SMARTS) is 1. The zero-order valence-electron chi connectivity index (χ0n) is 12.7. The first kappa shape index (κ1) is 16.4. The molecule has 0 aliphatic carbocycles. The molecule has 0 amide bonds. The summed E-state index contributed by atoms with van der Waals surface area (Å²) >= 11 is 0. The number of carboxylic acids is 1. The predicted octanol–water partition coefficient (Wildman–Crippen LogP) is 3.36. The first-order valence-electron chi connectivity index (χ1n) is 6.92. The van der Waals surface area contributed by atoms with Gasteiger partial charge in [-0.25, -0.2) is 9.59 Å². The fraction of sp³-hybridized carbons (Fsp3) is 0.176. The molecule has 0 saturated carbocycles. The van der Waals surface area contributed by atoms with Crippen molar-refractivity contribution in [1.82, 2.24) is 0 Å². The summed E-state index contributed by atoms with van der Waals surface area (Å²) in [4.78, 5) is 23.5. The van der Waals surface area contributed by atoms with E-state index in [1.54, 1.807) is 31.2 Å². The van der Waals surface area contributed by atoms with E-state index in [4.69, 9.17) is 14.2 Å². The SMILES string of the molecule is CCOC(=O)c1cccc(Oc2ccccc2OC)c1C(=O)O. The fourth-order valence-electron chi connectivity index (χ4n) is 2.04. The van der Waals surface area contributed by atoms with E-state index in [0.29, 0.717) is 11.5 Å². The molecule has 0 saturated heterocycles. The van der Waals surface area contributed by atoms with Crippen LogP contribution in [0.15, 0.2) is 42.5 Å². The summed E-state index contributed by atoms with van der Waals surface area (Å²) in [6.07, 6.45) is 0. The number of hydrogen-bond donors (Lipinski definition) is 1. The quantitative estimate of drug-likeness (QED) is 0.823. The van der Waals surface area contributed by atoms with Crippen molar-refractivity contribution >= 4 is 11.9 Å². The molecule has 0 aliphatic rings. The smallest absolute Gasteiger partial charge is 0.340 e. The molecule has 0 aromatic heterocycles. The number of methoxy groups -OCH3 is 1. The van der Waals surface area contributed by atoms with Gasteiger partial charge >= 0.3 is 11.9 Å². The molecule has 0 bridgehead atoms. The van der Waals surface area contributed by atoms with Crippen LogP contribution in [0.4, 0.5) is 0 Å². The Bertz CT molecular complexity index is 723. The van der Waals surface area contributed by atoms with Crippen LogP contribution in [-0.2, 0) is 4.74 Å². The largest absolute Gasteiger partial charge is 0.493 e. The lowest BCUT2D eigenvalue weighted by Gasteiger charge is -2.13. The van der Waals surface area contributed by atoms with Gasteiger partial charge in [-0.3, -0.25) is 0 Å². The summed E-state index contributed by atoms with van der Waals surface area (Å²) in [5, 5.41) is 9.45. The highest BCUT2D eigenvalue weighted by atomic mass is 16.5. The second kappa shape index (κ2) is 7.31. The summed E-state index contributed by atoms with van der Waals surface area (Å²) in [5.41, 5.74) is -0.316. The Labute approximate surface area is 133 Å². The number of aromatic carboxylic acids is 1. The van der Waals surface area contributed by atoms with Crippen LogP contribution in [0.3, 0.4) is 0 Å². The van der Waals surface area contributed by atoms with Gasteiger partial charge in [0.1, 0.15) is 11.3 Å². The van der Waals surface area contributed by atoms with Gasteiger partial charge in [-0.05, 0) is 31.2 Å². The lowest BCUT2D eigenvalue weighted by atomic mass is 10.1. The van der Waals surface area contributed by atoms with E-state index < -0.39 is 11.9 Å². The van der Waals surface area contributed by atoms with Crippen LogP contribution in [0.5, 0.6) is 17.2 Å². The van der Waals surface area contributed by atoms with Crippen molar-refractivity contribution in [1.29, 1.82) is 0 Å². The third-order valence-corrected chi connectivity index (χ3v) is 3.02. The molecule has 6 nitrogen and oxygen atoms in total. The molecule has 0 atom stereocenters. The van der Waals surface area contributed by atoms with Crippen molar-refractivity contribution in [2.75, 3.05) is 13.7 Å². The van der Waals surface area contributed by atoms with Gasteiger partial charge in [-0.2, -0.15) is 0 Å². The average Bonchev–Trinajstić information content (AvgIpc) is 2.55. The Hall–Kier alpha value is -3.02. The molecule has 2 aromatic carbocycles. The molecule has 120 valence electrons. The molecular formula is C17H16O6. The topological polar surface area (TPSA) is 82.1 Å². The maximum absolute atomic E-state index is 11.9. The molecule has 0 spiro atoms. The number of carbonyl (C=O) groups is 2. The first-order chi connectivity index (χ1) is 11.1. The highest BCUT2D eigenvalue weighted by Crippen LogP contribution is 2.34. The minimum absolute atomic E-state index is 0.0348. The summed E-state index contributed by atoms with van der Waals surface area (Å²) in [6, 6.07) is 11.2. The van der Waals surface area contributed by atoms with Crippen LogP contribution < -0.4 is 9.47 Å². The van der Waals surface area contributed by atoms with Gasteiger partial charge in [0.2, 0.25) is 0 Å². The maximum Gasteiger partial charge on any atom is 0.340 e. The van der Waals surface area contributed by atoms with Gasteiger partial charge in [0.25, 0.3) is 0 Å². The minimum Gasteiger partial charge on any atom is -0.493 e. The number of carbonyl (C=O) groups excluding carboxylic acids is 1. The Balaban J connectivity index is 2.48. The molecule has 0 fully saturated rings. The van der Waals surface area contributed by atoms with E-state index in [2.05, 4.69) is 0 Å². The molecule has 0 radical (unpaired) electrons. The van der Waals surface area contributed by atoms with Gasteiger partial charge in [-0.1, -0.05) is 18.2 Å². The Morgan fingerprint density at radius 2 is 1.65 bits per heavy atom. The van der Waals surface area contributed by atoms with Crippen molar-refractivity contribution in [3.63, 3.8) is 0 Å². The Morgan fingerprint density at radius 3 is 2.26 bits per heavy atom. The van der Waals surface area contributed by atoms with Crippen molar-refractivity contribution < 1.29 is 28.9 Å². The molecule has 0 unspecified atom stereocenters. The van der Waals surface area contributed by atoms with Crippen LogP contribution in [0.2, 0.25) is 0 Å². The number of esters is 1. The predicted molar refractivity (Wildman–Crippen MR) is 82.4 cm³/mol. The molecule has 0 aliphatic heterocycles. The van der Waals surface area contributed by atoms with Crippen LogP contribution in [-0.4, -0.2) is 30.8 Å². The molecule has 1 N–H and O–H groups in total. The minimum atomic E-state index is -1.28. The second-order valence-corrected chi connectivity index (χ2v) is 4.46. The number of para-hydroxylation sites is 2. The van der Waals surface area contributed by atoms with Crippen LogP contribution in [0.25, 0.3) is 0 Å². The summed E-state index contributed by atoms with van der Waals surface area (Å²) < 4.78 is 15.7. The van der Waals surface area contributed by atoms with Gasteiger partial charge in [0.05, 0.1) is 19.3 Å². The highest BCUT2D eigenvalue weighted by molar-refractivity contribution is 6.04. The van der Waals surface area contributed by atoms with E-state index >= 15 is 0 Å². The number of rotatable bonds is 6. The molecule has 2 aromatic rings. The Kier molecular flexibility index (Phi) is 5.19. The zero-order valence-corrected chi connectivity index (χ0v) is 12.7. The summed E-state index contributed by atoms with van der Waals surface area (Å²) in [5.74, 6) is -1.16. The third-order valence-electron chi connectivity index (χ3n) is 3.02. The average molecular weight is 316 g/mol.